The molecule has 5 heteroatoms. The molecule has 3 rings (SSSR count). The van der Waals surface area contributed by atoms with E-state index in [1.165, 1.54) is 12.8 Å². The Labute approximate surface area is 88.0 Å². The van der Waals surface area contributed by atoms with Crippen LogP contribution in [0.25, 0.3) is 0 Å². The van der Waals surface area contributed by atoms with Crippen LogP contribution in [0, 0.1) is 5.92 Å². The third-order valence-electron chi connectivity index (χ3n) is 3.16. The lowest BCUT2D eigenvalue weighted by Crippen LogP contribution is -2.18. The van der Waals surface area contributed by atoms with Crippen molar-refractivity contribution in [3.05, 3.63) is 11.7 Å². The van der Waals surface area contributed by atoms with Crippen LogP contribution in [0.4, 0.5) is 0 Å². The lowest BCUT2D eigenvalue weighted by Gasteiger charge is -2.11. The van der Waals surface area contributed by atoms with Crippen molar-refractivity contribution in [1.29, 1.82) is 0 Å². The summed E-state index contributed by atoms with van der Waals surface area (Å²) in [6.07, 6.45) is 3.28. The Hall–Kier alpha value is -0.940. The maximum atomic E-state index is 5.67. The van der Waals surface area contributed by atoms with Crippen LogP contribution in [0.1, 0.15) is 43.0 Å². The van der Waals surface area contributed by atoms with Crippen molar-refractivity contribution >= 4 is 0 Å². The normalized spacial score (nSPS) is 31.0. The highest BCUT2D eigenvalue weighted by molar-refractivity contribution is 5.05. The van der Waals surface area contributed by atoms with E-state index in [1.807, 2.05) is 0 Å². The second-order valence-corrected chi connectivity index (χ2v) is 4.34. The number of hydrogen-bond donors (Lipinski definition) is 1. The SMILES string of the molecule is NC[C@H]1CCO[C@H]1c1nc(C2CC2)no1. The minimum atomic E-state index is -0.0741. The summed E-state index contributed by atoms with van der Waals surface area (Å²) in [7, 11) is 0. The van der Waals surface area contributed by atoms with Crippen LogP contribution in [-0.2, 0) is 4.74 Å². The molecular weight excluding hydrogens is 194 g/mol. The van der Waals surface area contributed by atoms with Crippen LogP contribution in [0.5, 0.6) is 0 Å². The van der Waals surface area contributed by atoms with Crippen molar-refractivity contribution in [1.82, 2.24) is 10.1 Å². The third kappa shape index (κ3) is 1.66. The largest absolute Gasteiger partial charge is 0.368 e. The predicted molar refractivity (Wildman–Crippen MR) is 52.1 cm³/mol. The fraction of sp³-hybridized carbons (Fsp3) is 0.800. The Morgan fingerprint density at radius 2 is 2.20 bits per heavy atom. The zero-order valence-corrected chi connectivity index (χ0v) is 8.56. The Bertz CT molecular complexity index is 348. The van der Waals surface area contributed by atoms with E-state index in [1.54, 1.807) is 0 Å². The molecule has 15 heavy (non-hydrogen) atoms. The van der Waals surface area contributed by atoms with Gasteiger partial charge in [0.2, 0.25) is 0 Å². The van der Waals surface area contributed by atoms with Gasteiger partial charge in [-0.05, 0) is 25.8 Å². The van der Waals surface area contributed by atoms with Gasteiger partial charge in [0.25, 0.3) is 5.89 Å². The zero-order chi connectivity index (χ0) is 10.3. The maximum absolute atomic E-state index is 5.67. The third-order valence-corrected chi connectivity index (χ3v) is 3.16. The molecule has 1 aromatic rings. The van der Waals surface area contributed by atoms with Crippen LogP contribution >= 0.6 is 0 Å². The summed E-state index contributed by atoms with van der Waals surface area (Å²) >= 11 is 0. The van der Waals surface area contributed by atoms with Gasteiger partial charge < -0.3 is 15.0 Å². The average molecular weight is 209 g/mol. The van der Waals surface area contributed by atoms with Crippen molar-refractivity contribution in [3.8, 4) is 0 Å². The molecule has 2 fully saturated rings. The van der Waals surface area contributed by atoms with E-state index in [0.29, 0.717) is 24.3 Å². The summed E-state index contributed by atoms with van der Waals surface area (Å²) in [5.41, 5.74) is 5.67. The van der Waals surface area contributed by atoms with Gasteiger partial charge in [0.15, 0.2) is 5.82 Å². The van der Waals surface area contributed by atoms with Crippen molar-refractivity contribution in [3.63, 3.8) is 0 Å². The predicted octanol–water partition coefficient (Wildman–Crippen LogP) is 0.983. The molecule has 0 aromatic carbocycles. The molecule has 2 aliphatic rings. The minimum Gasteiger partial charge on any atom is -0.368 e. The van der Waals surface area contributed by atoms with Gasteiger partial charge in [-0.2, -0.15) is 4.98 Å². The van der Waals surface area contributed by atoms with Gasteiger partial charge in [0.1, 0.15) is 6.10 Å². The summed E-state index contributed by atoms with van der Waals surface area (Å²) in [4.78, 5) is 4.39. The quantitative estimate of drug-likeness (QED) is 0.803. The molecular formula is C10H15N3O2. The van der Waals surface area contributed by atoms with Gasteiger partial charge in [-0.25, -0.2) is 0 Å². The van der Waals surface area contributed by atoms with E-state index < -0.39 is 0 Å². The standard InChI is InChI=1S/C10H15N3O2/c11-5-7-3-4-14-8(7)10-12-9(13-15-10)6-1-2-6/h6-8H,1-5,11H2/t7-,8-/m1/s1. The van der Waals surface area contributed by atoms with E-state index in [-0.39, 0.29) is 6.10 Å². The van der Waals surface area contributed by atoms with Gasteiger partial charge in [0, 0.05) is 18.4 Å². The van der Waals surface area contributed by atoms with Crippen LogP contribution in [0.3, 0.4) is 0 Å². The minimum absolute atomic E-state index is 0.0741. The van der Waals surface area contributed by atoms with Crippen molar-refractivity contribution < 1.29 is 9.26 Å². The Morgan fingerprint density at radius 1 is 1.33 bits per heavy atom. The maximum Gasteiger partial charge on any atom is 0.256 e. The van der Waals surface area contributed by atoms with Crippen molar-refractivity contribution in [2.24, 2.45) is 11.7 Å². The summed E-state index contributed by atoms with van der Waals surface area (Å²) in [6.45, 7) is 1.36. The first-order valence-corrected chi connectivity index (χ1v) is 5.53. The van der Waals surface area contributed by atoms with E-state index in [0.717, 1.165) is 18.9 Å². The lowest BCUT2D eigenvalue weighted by molar-refractivity contribution is 0.0642. The Balaban J connectivity index is 1.78. The Kier molecular flexibility index (Phi) is 2.21. The van der Waals surface area contributed by atoms with Gasteiger partial charge in [-0.3, -0.25) is 0 Å². The zero-order valence-electron chi connectivity index (χ0n) is 8.56. The first-order valence-electron chi connectivity index (χ1n) is 5.53. The fourth-order valence-corrected chi connectivity index (χ4v) is 2.02. The summed E-state index contributed by atoms with van der Waals surface area (Å²) in [6, 6.07) is 0. The van der Waals surface area contributed by atoms with Gasteiger partial charge in [0.05, 0.1) is 0 Å². The van der Waals surface area contributed by atoms with Gasteiger partial charge in [-0.1, -0.05) is 5.16 Å². The molecule has 0 bridgehead atoms. The molecule has 0 unspecified atom stereocenters. The highest BCUT2D eigenvalue weighted by atomic mass is 16.5. The molecule has 1 saturated heterocycles. The fourth-order valence-electron chi connectivity index (χ4n) is 2.02. The van der Waals surface area contributed by atoms with Crippen molar-refractivity contribution in [2.45, 2.75) is 31.3 Å². The monoisotopic (exact) mass is 209 g/mol. The second kappa shape index (κ2) is 3.57. The first kappa shape index (κ1) is 9.30. The van der Waals surface area contributed by atoms with Crippen LogP contribution in [0.15, 0.2) is 4.52 Å². The number of hydrogen-bond acceptors (Lipinski definition) is 5. The lowest BCUT2D eigenvalue weighted by atomic mass is 10.0. The number of nitrogens with two attached hydrogens (primary N) is 1. The molecule has 82 valence electrons. The molecule has 0 spiro atoms. The van der Waals surface area contributed by atoms with Gasteiger partial charge >= 0.3 is 0 Å². The van der Waals surface area contributed by atoms with E-state index in [4.69, 9.17) is 15.0 Å². The van der Waals surface area contributed by atoms with E-state index in [2.05, 4.69) is 10.1 Å². The molecule has 0 amide bonds. The van der Waals surface area contributed by atoms with Crippen LogP contribution < -0.4 is 5.73 Å². The molecule has 1 aliphatic heterocycles. The summed E-state index contributed by atoms with van der Waals surface area (Å²) < 4.78 is 10.8. The number of aromatic nitrogens is 2. The smallest absolute Gasteiger partial charge is 0.256 e. The van der Waals surface area contributed by atoms with E-state index in [9.17, 15) is 0 Å². The van der Waals surface area contributed by atoms with Crippen molar-refractivity contribution in [2.75, 3.05) is 13.2 Å². The number of nitrogens with zero attached hydrogens (tertiary/aromatic N) is 2. The average Bonchev–Trinajstić information content (AvgIpc) is 2.83. The molecule has 1 aromatic heterocycles. The Morgan fingerprint density at radius 3 is 2.93 bits per heavy atom. The molecule has 5 nitrogen and oxygen atoms in total. The molecule has 1 aliphatic carbocycles. The highest BCUT2D eigenvalue weighted by Crippen LogP contribution is 2.40. The second-order valence-electron chi connectivity index (χ2n) is 4.34. The molecule has 0 radical (unpaired) electrons. The first-order chi connectivity index (χ1) is 7.38. The molecule has 2 atom stereocenters. The topological polar surface area (TPSA) is 74.2 Å². The van der Waals surface area contributed by atoms with Crippen LogP contribution in [-0.4, -0.2) is 23.3 Å². The number of ether oxygens (including phenoxy) is 1. The van der Waals surface area contributed by atoms with E-state index >= 15 is 0 Å². The molecule has 2 heterocycles. The summed E-state index contributed by atoms with van der Waals surface area (Å²) in [5, 5.41) is 3.98. The summed E-state index contributed by atoms with van der Waals surface area (Å²) in [5.74, 6) is 2.32. The van der Waals surface area contributed by atoms with Crippen LogP contribution in [0.2, 0.25) is 0 Å². The molecule has 1 saturated carbocycles. The number of rotatable bonds is 3. The highest BCUT2D eigenvalue weighted by Gasteiger charge is 2.35. The molecule has 2 N–H and O–H groups in total. The van der Waals surface area contributed by atoms with Gasteiger partial charge in [-0.15, -0.1) is 0 Å².